The third-order valence-electron chi connectivity index (χ3n) is 4.54. The summed E-state index contributed by atoms with van der Waals surface area (Å²) < 4.78 is 16.8. The number of nitrogens with one attached hydrogen (secondary N) is 1. The van der Waals surface area contributed by atoms with E-state index in [2.05, 4.69) is 20.6 Å². The van der Waals surface area contributed by atoms with Gasteiger partial charge >= 0.3 is 0 Å². The second kappa shape index (κ2) is 9.32. The number of benzene rings is 2. The number of anilines is 1. The van der Waals surface area contributed by atoms with E-state index in [0.29, 0.717) is 33.1 Å². The van der Waals surface area contributed by atoms with Gasteiger partial charge in [0.15, 0.2) is 11.0 Å². The minimum Gasteiger partial charge on any atom is -0.325 e. The number of carbonyl (C=O) groups excluding carboxylic acids is 1. The van der Waals surface area contributed by atoms with Crippen molar-refractivity contribution in [1.29, 1.82) is 0 Å². The van der Waals surface area contributed by atoms with E-state index >= 15 is 0 Å². The lowest BCUT2D eigenvalue weighted by atomic mass is 10.3. The van der Waals surface area contributed by atoms with Crippen molar-refractivity contribution in [3.8, 4) is 17.2 Å². The van der Waals surface area contributed by atoms with Gasteiger partial charge < -0.3 is 5.32 Å². The molecule has 0 atom stereocenters. The molecule has 32 heavy (non-hydrogen) atoms. The first-order valence-corrected chi connectivity index (χ1v) is 11.2. The number of nitrogens with zero attached hydrogens (tertiary/aromatic N) is 5. The minimum atomic E-state index is -0.549. The summed E-state index contributed by atoms with van der Waals surface area (Å²) in [5.74, 6) is -0.279. The molecule has 1 N–H and O–H groups in total. The fourth-order valence-electron chi connectivity index (χ4n) is 3.10. The molecule has 0 bridgehead atoms. The zero-order valence-electron chi connectivity index (χ0n) is 17.0. The van der Waals surface area contributed by atoms with E-state index in [4.69, 9.17) is 23.2 Å². The molecule has 11 heteroatoms. The molecule has 2 aromatic carbocycles. The summed E-state index contributed by atoms with van der Waals surface area (Å²) in [6.45, 7) is 1.82. The maximum atomic E-state index is 13.3. The van der Waals surface area contributed by atoms with E-state index < -0.39 is 5.82 Å². The van der Waals surface area contributed by atoms with Crippen LogP contribution in [-0.2, 0) is 11.8 Å². The highest BCUT2D eigenvalue weighted by Gasteiger charge is 2.23. The molecule has 0 saturated heterocycles. The molecule has 4 aromatic rings. The predicted molar refractivity (Wildman–Crippen MR) is 124 cm³/mol. The molecule has 0 unspecified atom stereocenters. The van der Waals surface area contributed by atoms with Gasteiger partial charge in [-0.1, -0.05) is 53.2 Å². The van der Waals surface area contributed by atoms with Crippen LogP contribution in [0.3, 0.4) is 0 Å². The van der Waals surface area contributed by atoms with Crippen molar-refractivity contribution < 1.29 is 9.18 Å². The maximum Gasteiger partial charge on any atom is 0.234 e. The number of hydrogen-bond donors (Lipinski definition) is 1. The fourth-order valence-corrected chi connectivity index (χ4v) is 4.28. The van der Waals surface area contributed by atoms with Gasteiger partial charge in [0.05, 0.1) is 21.5 Å². The van der Waals surface area contributed by atoms with Crippen LogP contribution in [0.15, 0.2) is 53.7 Å². The Morgan fingerprint density at radius 3 is 2.56 bits per heavy atom. The average molecular weight is 491 g/mol. The summed E-state index contributed by atoms with van der Waals surface area (Å²) in [6.07, 6.45) is 0. The highest BCUT2D eigenvalue weighted by molar-refractivity contribution is 7.99. The number of para-hydroxylation sites is 1. The third-order valence-corrected chi connectivity index (χ3v) is 6.22. The van der Waals surface area contributed by atoms with Crippen LogP contribution >= 0.6 is 35.0 Å². The highest BCUT2D eigenvalue weighted by Crippen LogP contribution is 2.33. The van der Waals surface area contributed by atoms with Crippen LogP contribution in [0.4, 0.5) is 10.1 Å². The number of hydrogen-bond acceptors (Lipinski definition) is 5. The molecule has 0 fully saturated rings. The van der Waals surface area contributed by atoms with Crippen molar-refractivity contribution in [2.75, 3.05) is 11.1 Å². The van der Waals surface area contributed by atoms with Crippen LogP contribution in [-0.4, -0.2) is 36.2 Å². The molecule has 1 amide bonds. The number of carbonyl (C=O) groups is 1. The van der Waals surface area contributed by atoms with Gasteiger partial charge in [-0.05, 0) is 37.3 Å². The second-order valence-corrected chi connectivity index (χ2v) is 8.54. The standard InChI is InChI=1S/C21H17Cl2FN6OS/c1-12-18(23)19(29(2)28-12)20-26-27-21(30(20)14-6-4-3-5-7-14)32-11-17(31)25-13-8-9-16(24)15(22)10-13/h3-10H,11H2,1-2H3,(H,25,31). The van der Waals surface area contributed by atoms with Gasteiger partial charge in [0, 0.05) is 18.4 Å². The van der Waals surface area contributed by atoms with Gasteiger partial charge in [-0.25, -0.2) is 4.39 Å². The first-order valence-electron chi connectivity index (χ1n) is 9.43. The zero-order valence-corrected chi connectivity index (χ0v) is 19.3. The Labute approximate surface area is 197 Å². The Morgan fingerprint density at radius 1 is 1.16 bits per heavy atom. The van der Waals surface area contributed by atoms with Gasteiger partial charge in [0.25, 0.3) is 0 Å². The smallest absolute Gasteiger partial charge is 0.234 e. The van der Waals surface area contributed by atoms with Crippen LogP contribution < -0.4 is 5.32 Å². The normalized spacial score (nSPS) is 11.0. The van der Waals surface area contributed by atoms with E-state index in [-0.39, 0.29) is 16.7 Å². The summed E-state index contributed by atoms with van der Waals surface area (Å²) in [4.78, 5) is 12.5. The molecule has 2 heterocycles. The molecule has 0 aliphatic carbocycles. The van der Waals surface area contributed by atoms with Gasteiger partial charge in [0.2, 0.25) is 5.91 Å². The lowest BCUT2D eigenvalue weighted by Gasteiger charge is -2.11. The van der Waals surface area contributed by atoms with Crippen LogP contribution in [0.5, 0.6) is 0 Å². The molecule has 0 saturated carbocycles. The molecule has 7 nitrogen and oxygen atoms in total. The van der Waals surface area contributed by atoms with Crippen molar-refractivity contribution in [3.05, 3.63) is 70.1 Å². The fraction of sp³-hybridized carbons (Fsp3) is 0.143. The molecule has 164 valence electrons. The summed E-state index contributed by atoms with van der Waals surface area (Å²) in [6, 6.07) is 13.5. The van der Waals surface area contributed by atoms with Gasteiger partial charge in [0.1, 0.15) is 11.5 Å². The van der Waals surface area contributed by atoms with E-state index in [1.165, 1.54) is 30.0 Å². The maximum absolute atomic E-state index is 13.3. The minimum absolute atomic E-state index is 0.0537. The lowest BCUT2D eigenvalue weighted by molar-refractivity contribution is -0.113. The van der Waals surface area contributed by atoms with Crippen molar-refractivity contribution >= 4 is 46.6 Å². The van der Waals surface area contributed by atoms with Crippen LogP contribution in [0.25, 0.3) is 17.2 Å². The quantitative estimate of drug-likeness (QED) is 0.378. The topological polar surface area (TPSA) is 77.6 Å². The van der Waals surface area contributed by atoms with E-state index in [1.54, 1.807) is 11.7 Å². The molecule has 2 aromatic heterocycles. The van der Waals surface area contributed by atoms with Crippen LogP contribution in [0, 0.1) is 12.7 Å². The predicted octanol–water partition coefficient (Wildman–Crippen LogP) is 5.15. The van der Waals surface area contributed by atoms with Crippen molar-refractivity contribution in [2.24, 2.45) is 7.05 Å². The number of amides is 1. The van der Waals surface area contributed by atoms with Gasteiger partial charge in [-0.2, -0.15) is 5.10 Å². The molecule has 0 spiro atoms. The summed E-state index contributed by atoms with van der Waals surface area (Å²) >= 11 is 13.5. The van der Waals surface area contributed by atoms with Crippen LogP contribution in [0.2, 0.25) is 10.0 Å². The number of halogens is 3. The average Bonchev–Trinajstić information content (AvgIpc) is 3.29. The van der Waals surface area contributed by atoms with E-state index in [0.717, 1.165) is 5.69 Å². The summed E-state index contributed by atoms with van der Waals surface area (Å²) in [5, 5.41) is 16.6. The molecule has 0 aliphatic heterocycles. The largest absolute Gasteiger partial charge is 0.325 e. The van der Waals surface area contributed by atoms with Gasteiger partial charge in [-0.15, -0.1) is 10.2 Å². The van der Waals surface area contributed by atoms with Gasteiger partial charge in [-0.3, -0.25) is 14.0 Å². The molecule has 4 rings (SSSR count). The monoisotopic (exact) mass is 490 g/mol. The summed E-state index contributed by atoms with van der Waals surface area (Å²) in [5.41, 5.74) is 2.52. The lowest BCUT2D eigenvalue weighted by Crippen LogP contribution is -2.14. The molecule has 0 radical (unpaired) electrons. The zero-order chi connectivity index (χ0) is 22.8. The Balaban J connectivity index is 1.62. The Hall–Kier alpha value is -2.88. The number of aryl methyl sites for hydroxylation is 2. The van der Waals surface area contributed by atoms with E-state index in [1.807, 2.05) is 41.8 Å². The SMILES string of the molecule is Cc1nn(C)c(-c2nnc(SCC(=O)Nc3ccc(F)c(Cl)c3)n2-c2ccccc2)c1Cl. The number of thioether (sulfide) groups is 1. The molecule has 0 aliphatic rings. The third kappa shape index (κ3) is 4.50. The van der Waals surface area contributed by atoms with Crippen LogP contribution in [0.1, 0.15) is 5.69 Å². The molecular weight excluding hydrogens is 474 g/mol. The Morgan fingerprint density at radius 2 is 1.91 bits per heavy atom. The summed E-state index contributed by atoms with van der Waals surface area (Å²) in [7, 11) is 1.78. The second-order valence-electron chi connectivity index (χ2n) is 6.81. The first-order chi connectivity index (χ1) is 15.3. The molecular formula is C21H17Cl2FN6OS. The Bertz CT molecular complexity index is 1290. The number of rotatable bonds is 6. The number of aromatic nitrogens is 5. The highest BCUT2D eigenvalue weighted by atomic mass is 35.5. The van der Waals surface area contributed by atoms with Crippen molar-refractivity contribution in [1.82, 2.24) is 24.5 Å². The van der Waals surface area contributed by atoms with E-state index in [9.17, 15) is 9.18 Å². The Kier molecular flexibility index (Phi) is 6.50. The van der Waals surface area contributed by atoms with Crippen molar-refractivity contribution in [2.45, 2.75) is 12.1 Å². The first kappa shape index (κ1) is 22.3. The van der Waals surface area contributed by atoms with Crippen molar-refractivity contribution in [3.63, 3.8) is 0 Å².